The van der Waals surface area contributed by atoms with E-state index in [-0.39, 0.29) is 12.1 Å². The molecule has 0 aliphatic rings. The summed E-state index contributed by atoms with van der Waals surface area (Å²) in [6.45, 7) is 0.207. The average Bonchev–Trinajstić information content (AvgIpc) is 3.23. The normalized spacial score (nSPS) is 10.9. The molecule has 0 bridgehead atoms. The SMILES string of the molecule is COc1ccc(CNC(=O)/C(C#N)=C/c2ccc(Sc3ccccc3)o2)c(OC)c1. The van der Waals surface area contributed by atoms with Crippen molar-refractivity contribution < 1.29 is 18.7 Å². The Balaban J connectivity index is 1.66. The van der Waals surface area contributed by atoms with Crippen LogP contribution in [0.25, 0.3) is 6.08 Å². The zero-order valence-corrected chi connectivity index (χ0v) is 17.4. The van der Waals surface area contributed by atoms with Gasteiger partial charge in [0.2, 0.25) is 0 Å². The quantitative estimate of drug-likeness (QED) is 0.421. The molecule has 0 saturated carbocycles. The standard InChI is InChI=1S/C23H20N2O4S/c1-27-18-9-8-16(21(13-18)28-2)15-25-23(26)17(14-24)12-19-10-11-22(29-19)30-20-6-4-3-5-7-20/h3-13H,15H2,1-2H3,(H,25,26)/b17-12+. The molecule has 0 radical (unpaired) electrons. The molecule has 0 saturated heterocycles. The Labute approximate surface area is 179 Å². The molecule has 6 nitrogen and oxygen atoms in total. The highest BCUT2D eigenvalue weighted by molar-refractivity contribution is 7.99. The van der Waals surface area contributed by atoms with Crippen LogP contribution in [0.2, 0.25) is 0 Å². The molecule has 0 aliphatic carbocycles. The third-order valence-electron chi connectivity index (χ3n) is 4.15. The summed E-state index contributed by atoms with van der Waals surface area (Å²) < 4.78 is 16.2. The van der Waals surface area contributed by atoms with E-state index in [1.54, 1.807) is 44.6 Å². The van der Waals surface area contributed by atoms with Crippen LogP contribution in [0.5, 0.6) is 11.5 Å². The molecule has 0 spiro atoms. The Morgan fingerprint density at radius 1 is 1.13 bits per heavy atom. The van der Waals surface area contributed by atoms with Crippen LogP contribution in [0.15, 0.2) is 80.6 Å². The number of furan rings is 1. The smallest absolute Gasteiger partial charge is 0.262 e. The molecule has 3 rings (SSSR count). The van der Waals surface area contributed by atoms with Gasteiger partial charge in [0.25, 0.3) is 5.91 Å². The monoisotopic (exact) mass is 420 g/mol. The highest BCUT2D eigenvalue weighted by atomic mass is 32.2. The molecule has 0 atom stereocenters. The van der Waals surface area contributed by atoms with E-state index < -0.39 is 5.91 Å². The largest absolute Gasteiger partial charge is 0.497 e. The van der Waals surface area contributed by atoms with E-state index in [4.69, 9.17) is 13.9 Å². The maximum absolute atomic E-state index is 12.5. The topological polar surface area (TPSA) is 84.5 Å². The highest BCUT2D eigenvalue weighted by Gasteiger charge is 2.13. The van der Waals surface area contributed by atoms with Crippen LogP contribution in [-0.4, -0.2) is 20.1 Å². The Kier molecular flexibility index (Phi) is 7.19. The lowest BCUT2D eigenvalue weighted by Gasteiger charge is -2.11. The van der Waals surface area contributed by atoms with Gasteiger partial charge in [-0.15, -0.1) is 0 Å². The molecule has 1 N–H and O–H groups in total. The second-order valence-electron chi connectivity index (χ2n) is 6.10. The minimum Gasteiger partial charge on any atom is -0.497 e. The minimum atomic E-state index is -0.496. The molecule has 1 aromatic heterocycles. The van der Waals surface area contributed by atoms with Crippen molar-refractivity contribution >= 4 is 23.7 Å². The van der Waals surface area contributed by atoms with Crippen LogP contribution >= 0.6 is 11.8 Å². The van der Waals surface area contributed by atoms with Crippen LogP contribution in [0.1, 0.15) is 11.3 Å². The first kappa shape index (κ1) is 21.1. The molecular weight excluding hydrogens is 400 g/mol. The number of carbonyl (C=O) groups is 1. The lowest BCUT2D eigenvalue weighted by atomic mass is 10.1. The summed E-state index contributed by atoms with van der Waals surface area (Å²) in [5.41, 5.74) is 0.719. The van der Waals surface area contributed by atoms with Gasteiger partial charge in [-0.3, -0.25) is 4.79 Å². The van der Waals surface area contributed by atoms with Gasteiger partial charge in [-0.05, 0) is 36.4 Å². The highest BCUT2D eigenvalue weighted by Crippen LogP contribution is 2.29. The summed E-state index contributed by atoms with van der Waals surface area (Å²) in [6, 6.07) is 20.6. The molecule has 30 heavy (non-hydrogen) atoms. The number of rotatable bonds is 8. The van der Waals surface area contributed by atoms with Crippen molar-refractivity contribution in [3.8, 4) is 17.6 Å². The lowest BCUT2D eigenvalue weighted by Crippen LogP contribution is -2.24. The van der Waals surface area contributed by atoms with Gasteiger partial charge < -0.3 is 19.2 Å². The van der Waals surface area contributed by atoms with E-state index in [1.165, 1.54) is 17.8 Å². The molecule has 1 amide bonds. The molecule has 1 heterocycles. The van der Waals surface area contributed by atoms with E-state index in [1.807, 2.05) is 36.4 Å². The number of benzene rings is 2. The van der Waals surface area contributed by atoms with Crippen molar-refractivity contribution in [3.63, 3.8) is 0 Å². The number of amides is 1. The Hall–Kier alpha value is -3.63. The summed E-state index contributed by atoms with van der Waals surface area (Å²) in [5.74, 6) is 1.18. The van der Waals surface area contributed by atoms with E-state index in [0.717, 1.165) is 10.5 Å². The lowest BCUT2D eigenvalue weighted by molar-refractivity contribution is -0.117. The average molecular weight is 420 g/mol. The second-order valence-corrected chi connectivity index (χ2v) is 7.18. The first-order valence-electron chi connectivity index (χ1n) is 9.06. The summed E-state index contributed by atoms with van der Waals surface area (Å²) >= 11 is 1.46. The van der Waals surface area contributed by atoms with Crippen LogP contribution in [0, 0.1) is 11.3 Å². The number of nitriles is 1. The van der Waals surface area contributed by atoms with Gasteiger partial charge in [-0.2, -0.15) is 5.26 Å². The van der Waals surface area contributed by atoms with E-state index in [0.29, 0.717) is 22.4 Å². The van der Waals surface area contributed by atoms with Crippen LogP contribution < -0.4 is 14.8 Å². The number of carbonyl (C=O) groups excluding carboxylic acids is 1. The van der Waals surface area contributed by atoms with Gasteiger partial charge >= 0.3 is 0 Å². The maximum Gasteiger partial charge on any atom is 0.262 e. The first-order chi connectivity index (χ1) is 14.6. The predicted molar refractivity (Wildman–Crippen MR) is 114 cm³/mol. The number of nitrogens with one attached hydrogen (secondary N) is 1. The molecule has 152 valence electrons. The fourth-order valence-electron chi connectivity index (χ4n) is 2.63. The molecule has 0 unspecified atom stereocenters. The van der Waals surface area contributed by atoms with Crippen molar-refractivity contribution in [2.75, 3.05) is 14.2 Å². The zero-order valence-electron chi connectivity index (χ0n) is 16.5. The van der Waals surface area contributed by atoms with Crippen molar-refractivity contribution in [2.45, 2.75) is 16.5 Å². The van der Waals surface area contributed by atoms with Crippen molar-refractivity contribution in [3.05, 3.63) is 77.6 Å². The summed E-state index contributed by atoms with van der Waals surface area (Å²) in [6.07, 6.45) is 1.43. The van der Waals surface area contributed by atoms with Crippen molar-refractivity contribution in [2.24, 2.45) is 0 Å². The zero-order chi connectivity index (χ0) is 21.3. The van der Waals surface area contributed by atoms with E-state index >= 15 is 0 Å². The minimum absolute atomic E-state index is 0.0481. The van der Waals surface area contributed by atoms with Gasteiger partial charge in [0.05, 0.1) is 14.2 Å². The predicted octanol–water partition coefficient (Wildman–Crippen LogP) is 4.67. The van der Waals surface area contributed by atoms with Crippen molar-refractivity contribution in [1.29, 1.82) is 5.26 Å². The van der Waals surface area contributed by atoms with Gasteiger partial charge in [0.15, 0.2) is 5.09 Å². The second kappa shape index (κ2) is 10.2. The summed E-state index contributed by atoms with van der Waals surface area (Å²) in [5, 5.41) is 12.8. The third kappa shape index (κ3) is 5.46. The Morgan fingerprint density at radius 2 is 1.93 bits per heavy atom. The van der Waals surface area contributed by atoms with Gasteiger partial charge in [0.1, 0.15) is 28.9 Å². The summed E-state index contributed by atoms with van der Waals surface area (Å²) in [7, 11) is 3.11. The first-order valence-corrected chi connectivity index (χ1v) is 9.88. The molecule has 3 aromatic rings. The van der Waals surface area contributed by atoms with Crippen molar-refractivity contribution in [1.82, 2.24) is 5.32 Å². The maximum atomic E-state index is 12.5. The van der Waals surface area contributed by atoms with Gasteiger partial charge in [0, 0.05) is 29.1 Å². The van der Waals surface area contributed by atoms with Gasteiger partial charge in [-0.25, -0.2) is 0 Å². The fraction of sp³-hybridized carbons (Fsp3) is 0.130. The van der Waals surface area contributed by atoms with Crippen LogP contribution in [0.4, 0.5) is 0 Å². The number of hydrogen-bond acceptors (Lipinski definition) is 6. The number of nitrogens with zero attached hydrogens (tertiary/aromatic N) is 1. The van der Waals surface area contributed by atoms with Crippen LogP contribution in [-0.2, 0) is 11.3 Å². The number of hydrogen-bond donors (Lipinski definition) is 1. The van der Waals surface area contributed by atoms with E-state index in [2.05, 4.69) is 5.32 Å². The molecule has 2 aromatic carbocycles. The molecular formula is C23H20N2O4S. The Morgan fingerprint density at radius 3 is 2.63 bits per heavy atom. The number of ether oxygens (including phenoxy) is 2. The molecule has 7 heteroatoms. The van der Waals surface area contributed by atoms with Gasteiger partial charge in [-0.1, -0.05) is 30.0 Å². The Bertz CT molecular complexity index is 1080. The third-order valence-corrected chi connectivity index (χ3v) is 5.08. The molecule has 0 aliphatic heterocycles. The number of methoxy groups -OCH3 is 2. The fourth-order valence-corrected chi connectivity index (χ4v) is 3.43. The molecule has 0 fully saturated rings. The van der Waals surface area contributed by atoms with Crippen LogP contribution in [0.3, 0.4) is 0 Å². The van der Waals surface area contributed by atoms with E-state index in [9.17, 15) is 10.1 Å². The summed E-state index contributed by atoms with van der Waals surface area (Å²) in [4.78, 5) is 13.5.